The minimum atomic E-state index is -4.56. The lowest BCUT2D eigenvalue weighted by Gasteiger charge is -2.29. The molecule has 0 spiro atoms. The zero-order chi connectivity index (χ0) is 40.0. The van der Waals surface area contributed by atoms with Gasteiger partial charge in [-0.3, -0.25) is 9.36 Å². The predicted octanol–water partition coefficient (Wildman–Crippen LogP) is 11.7. The zero-order valence-electron chi connectivity index (χ0n) is 35.9. The summed E-state index contributed by atoms with van der Waals surface area (Å²) >= 11 is 0. The van der Waals surface area contributed by atoms with E-state index in [9.17, 15) is 19.4 Å². The van der Waals surface area contributed by atoms with Crippen LogP contribution in [0, 0.1) is 0 Å². The Labute approximate surface area is 334 Å². The van der Waals surface area contributed by atoms with Crippen LogP contribution in [0.15, 0.2) is 36.5 Å². The van der Waals surface area contributed by atoms with Gasteiger partial charge < -0.3 is 28.8 Å². The number of aliphatic hydroxyl groups excluding tert-OH is 1. The summed E-state index contributed by atoms with van der Waals surface area (Å²) in [6, 6.07) is -0.880. The Balaban J connectivity index is 3.79. The van der Waals surface area contributed by atoms with Crippen molar-refractivity contribution in [1.29, 1.82) is 0 Å². The number of nitrogens with zero attached hydrogens (tertiary/aromatic N) is 1. The molecular weight excluding hydrogens is 695 g/mol. The van der Waals surface area contributed by atoms with Gasteiger partial charge >= 0.3 is 0 Å². The standard InChI is InChI=1S/C45H87N2O6P/c1-6-8-10-11-12-13-14-15-16-17-18-19-20-21-22-23-24-25-26-27-28-29-30-31-32-33-34-35-37-39-45(49)46-43(44(48)38-36-9-7-2)42-53-54(50,51)52-41-40-47(3,4)5/h14-15,17-18,36,38,43-44,48H,6-13,16,19-35,37,39-42H2,1-5H3,(H-,46,49,50,51)/b15-14-,18-17-,38-36+. The summed E-state index contributed by atoms with van der Waals surface area (Å²) in [5.41, 5.74) is 0. The highest BCUT2D eigenvalue weighted by atomic mass is 31.2. The Morgan fingerprint density at radius 2 is 1.11 bits per heavy atom. The van der Waals surface area contributed by atoms with E-state index in [-0.39, 0.29) is 19.1 Å². The fourth-order valence-corrected chi connectivity index (χ4v) is 6.97. The van der Waals surface area contributed by atoms with Gasteiger partial charge in [0.25, 0.3) is 7.82 Å². The first-order chi connectivity index (χ1) is 26.0. The molecule has 0 heterocycles. The maximum atomic E-state index is 12.7. The maximum absolute atomic E-state index is 12.7. The lowest BCUT2D eigenvalue weighted by atomic mass is 10.0. The van der Waals surface area contributed by atoms with E-state index in [0.717, 1.165) is 38.5 Å². The monoisotopic (exact) mass is 783 g/mol. The minimum absolute atomic E-state index is 0.00231. The largest absolute Gasteiger partial charge is 0.756 e. The van der Waals surface area contributed by atoms with Crippen LogP contribution in [0.1, 0.15) is 194 Å². The second-order valence-electron chi connectivity index (χ2n) is 16.4. The molecule has 1 amide bonds. The summed E-state index contributed by atoms with van der Waals surface area (Å²) in [5, 5.41) is 13.4. The molecule has 0 saturated heterocycles. The molecule has 318 valence electrons. The molecule has 0 aliphatic rings. The van der Waals surface area contributed by atoms with Crippen molar-refractivity contribution in [1.82, 2.24) is 5.32 Å². The fourth-order valence-electron chi connectivity index (χ4n) is 6.25. The SMILES string of the molecule is CCC/C=C/C(O)C(COP(=O)([O-])OCC[N+](C)(C)C)NC(=O)CCCCCCCCCCCCCCCCCCC/C=C\C/C=C\CCCCCCC. The normalized spacial score (nSPS) is 14.7. The number of hydrogen-bond acceptors (Lipinski definition) is 6. The van der Waals surface area contributed by atoms with Gasteiger partial charge in [-0.1, -0.05) is 179 Å². The van der Waals surface area contributed by atoms with Gasteiger partial charge in [0.15, 0.2) is 0 Å². The summed E-state index contributed by atoms with van der Waals surface area (Å²) in [5.74, 6) is -0.209. The number of nitrogens with one attached hydrogen (secondary N) is 1. The van der Waals surface area contributed by atoms with Crippen molar-refractivity contribution in [2.24, 2.45) is 0 Å². The van der Waals surface area contributed by atoms with Crippen LogP contribution >= 0.6 is 7.82 Å². The summed E-state index contributed by atoms with van der Waals surface area (Å²) in [4.78, 5) is 24.9. The highest BCUT2D eigenvalue weighted by Gasteiger charge is 2.23. The van der Waals surface area contributed by atoms with Crippen LogP contribution in [0.2, 0.25) is 0 Å². The van der Waals surface area contributed by atoms with Crippen LogP contribution in [0.4, 0.5) is 0 Å². The van der Waals surface area contributed by atoms with Crippen LogP contribution < -0.4 is 10.2 Å². The number of likely N-dealkylation sites (N-methyl/N-ethyl adjacent to an activating group) is 1. The average Bonchev–Trinajstić information content (AvgIpc) is 3.12. The molecule has 0 fully saturated rings. The number of phosphoric acid groups is 1. The lowest BCUT2D eigenvalue weighted by molar-refractivity contribution is -0.870. The number of hydrogen-bond donors (Lipinski definition) is 2. The summed E-state index contributed by atoms with van der Waals surface area (Å²) in [6.45, 7) is 4.41. The number of amides is 1. The van der Waals surface area contributed by atoms with Gasteiger partial charge in [0.05, 0.1) is 39.9 Å². The number of carbonyl (C=O) groups excluding carboxylic acids is 1. The molecule has 0 aliphatic carbocycles. The van der Waals surface area contributed by atoms with Gasteiger partial charge in [-0.2, -0.15) is 0 Å². The summed E-state index contributed by atoms with van der Waals surface area (Å²) < 4.78 is 22.9. The van der Waals surface area contributed by atoms with Crippen molar-refractivity contribution in [3.05, 3.63) is 36.5 Å². The Morgan fingerprint density at radius 1 is 0.648 bits per heavy atom. The predicted molar refractivity (Wildman–Crippen MR) is 228 cm³/mol. The highest BCUT2D eigenvalue weighted by Crippen LogP contribution is 2.38. The average molecular weight is 783 g/mol. The van der Waals surface area contributed by atoms with Gasteiger partial charge in [-0.25, -0.2) is 0 Å². The van der Waals surface area contributed by atoms with E-state index in [1.54, 1.807) is 6.08 Å². The first-order valence-corrected chi connectivity index (χ1v) is 23.8. The van der Waals surface area contributed by atoms with Crippen molar-refractivity contribution in [3.8, 4) is 0 Å². The highest BCUT2D eigenvalue weighted by molar-refractivity contribution is 7.45. The van der Waals surface area contributed by atoms with Gasteiger partial charge in [-0.05, 0) is 44.9 Å². The number of carbonyl (C=O) groups is 1. The number of aliphatic hydroxyl groups is 1. The number of quaternary nitrogens is 1. The summed E-state index contributed by atoms with van der Waals surface area (Å²) in [7, 11) is 1.25. The van der Waals surface area contributed by atoms with Gasteiger partial charge in [0.1, 0.15) is 13.2 Å². The number of phosphoric ester groups is 1. The Hall–Kier alpha value is -1.28. The fraction of sp³-hybridized carbons (Fsp3) is 0.844. The van der Waals surface area contributed by atoms with Crippen molar-refractivity contribution in [2.75, 3.05) is 40.9 Å². The molecule has 0 aromatic rings. The topological polar surface area (TPSA) is 108 Å². The van der Waals surface area contributed by atoms with Crippen molar-refractivity contribution < 1.29 is 32.9 Å². The first-order valence-electron chi connectivity index (χ1n) is 22.4. The third-order valence-corrected chi connectivity index (χ3v) is 10.8. The molecule has 3 atom stereocenters. The maximum Gasteiger partial charge on any atom is 0.268 e. The smallest absolute Gasteiger partial charge is 0.268 e. The van der Waals surface area contributed by atoms with Crippen LogP contribution in [0.3, 0.4) is 0 Å². The number of rotatable bonds is 40. The first kappa shape index (κ1) is 52.7. The van der Waals surface area contributed by atoms with Gasteiger partial charge in [0.2, 0.25) is 5.91 Å². The molecule has 54 heavy (non-hydrogen) atoms. The van der Waals surface area contributed by atoms with E-state index in [2.05, 4.69) is 36.5 Å². The van der Waals surface area contributed by atoms with Gasteiger partial charge in [0, 0.05) is 6.42 Å². The molecular formula is C45H87N2O6P. The molecule has 9 heteroatoms. The van der Waals surface area contributed by atoms with E-state index in [0.29, 0.717) is 17.4 Å². The molecule has 3 unspecified atom stereocenters. The summed E-state index contributed by atoms with van der Waals surface area (Å²) in [6.07, 6.45) is 45.9. The van der Waals surface area contributed by atoms with Crippen LogP contribution in [-0.4, -0.2) is 68.5 Å². The van der Waals surface area contributed by atoms with Crippen LogP contribution in [-0.2, 0) is 18.4 Å². The lowest BCUT2D eigenvalue weighted by Crippen LogP contribution is -2.45. The molecule has 8 nitrogen and oxygen atoms in total. The quantitative estimate of drug-likeness (QED) is 0.0277. The molecule has 0 bridgehead atoms. The van der Waals surface area contributed by atoms with Crippen molar-refractivity contribution in [3.63, 3.8) is 0 Å². The number of unbranched alkanes of at least 4 members (excludes halogenated alkanes) is 23. The Morgan fingerprint density at radius 3 is 1.57 bits per heavy atom. The second kappa shape index (κ2) is 37.3. The van der Waals surface area contributed by atoms with E-state index >= 15 is 0 Å². The Kier molecular flexibility index (Phi) is 36.4. The van der Waals surface area contributed by atoms with Crippen molar-refractivity contribution >= 4 is 13.7 Å². The molecule has 0 aromatic heterocycles. The molecule has 0 aliphatic heterocycles. The second-order valence-corrected chi connectivity index (χ2v) is 17.8. The number of allylic oxidation sites excluding steroid dienone is 5. The Bertz CT molecular complexity index is 980. The third kappa shape index (κ3) is 39.0. The molecule has 0 aromatic carbocycles. The van der Waals surface area contributed by atoms with E-state index in [1.807, 2.05) is 34.1 Å². The minimum Gasteiger partial charge on any atom is -0.756 e. The molecule has 0 saturated carbocycles. The molecule has 2 N–H and O–H groups in total. The van der Waals surface area contributed by atoms with E-state index in [1.165, 1.54) is 135 Å². The van der Waals surface area contributed by atoms with Crippen LogP contribution in [0.25, 0.3) is 0 Å². The molecule has 0 radical (unpaired) electrons. The van der Waals surface area contributed by atoms with Crippen LogP contribution in [0.5, 0.6) is 0 Å². The third-order valence-electron chi connectivity index (χ3n) is 9.83. The van der Waals surface area contributed by atoms with E-state index in [4.69, 9.17) is 9.05 Å². The van der Waals surface area contributed by atoms with Crippen molar-refractivity contribution in [2.45, 2.75) is 206 Å². The molecule has 0 rings (SSSR count). The zero-order valence-corrected chi connectivity index (χ0v) is 36.8. The van der Waals surface area contributed by atoms with E-state index < -0.39 is 20.0 Å². The van der Waals surface area contributed by atoms with Gasteiger partial charge in [-0.15, -0.1) is 0 Å².